The van der Waals surface area contributed by atoms with Gasteiger partial charge in [-0.1, -0.05) is 91.0 Å². The third-order valence-electron chi connectivity index (χ3n) is 11.9. The number of likely N-dealkylation sites (tertiary alicyclic amines) is 2. The summed E-state index contributed by atoms with van der Waals surface area (Å²) in [6, 6.07) is 25.4. The molecule has 1 aliphatic carbocycles. The summed E-state index contributed by atoms with van der Waals surface area (Å²) in [6.45, 7) is 1.19. The quantitative estimate of drug-likeness (QED) is 0.0467. The van der Waals surface area contributed by atoms with Gasteiger partial charge in [-0.05, 0) is 78.7 Å². The summed E-state index contributed by atoms with van der Waals surface area (Å²) >= 11 is 0. The fraction of sp³-hybridized carbons (Fsp3) is 0.348. The van der Waals surface area contributed by atoms with Crippen LogP contribution in [0.5, 0.6) is 0 Å². The van der Waals surface area contributed by atoms with Crippen molar-refractivity contribution in [3.05, 3.63) is 137 Å². The van der Waals surface area contributed by atoms with Crippen LogP contribution in [-0.4, -0.2) is 81.4 Å². The lowest BCUT2D eigenvalue weighted by Crippen LogP contribution is -2.42. The maximum atomic E-state index is 13.9. The number of imidazole rings is 2. The number of aromatic amines is 2. The molecule has 3 amide bonds. The van der Waals surface area contributed by atoms with Crippen molar-refractivity contribution in [2.75, 3.05) is 27.3 Å². The van der Waals surface area contributed by atoms with Crippen molar-refractivity contribution in [1.82, 2.24) is 35.1 Å². The second-order valence-corrected chi connectivity index (χ2v) is 15.4. The number of amides is 3. The second kappa shape index (κ2) is 18.6. The van der Waals surface area contributed by atoms with Crippen LogP contribution in [0, 0.1) is 0 Å². The van der Waals surface area contributed by atoms with Crippen LogP contribution in [0.4, 0.5) is 4.79 Å². The van der Waals surface area contributed by atoms with Crippen molar-refractivity contribution >= 4 is 29.9 Å². The number of alkyl carbamates (subject to hydrolysis) is 1. The molecule has 5 aromatic rings. The number of nitrogens with zero attached hydrogens (tertiary/aromatic N) is 5. The molecule has 1 unspecified atom stereocenters. The molecular formula is C46H50N8O6. The molecular weight excluding hydrogens is 761 g/mol. The van der Waals surface area contributed by atoms with Gasteiger partial charge in [0.05, 0.1) is 50.1 Å². The van der Waals surface area contributed by atoms with Gasteiger partial charge in [0.15, 0.2) is 6.04 Å². The molecule has 60 heavy (non-hydrogen) atoms. The van der Waals surface area contributed by atoms with E-state index in [1.165, 1.54) is 31.8 Å². The standard InChI is InChI=1S/C46H50N8O6/c1-58-46(57)52-41(35-13-7-4-8-14-35)45(56)54-26-10-16-39(54)43-48-28-37(51-43)33-23-19-31(20-24-33)30-17-21-32(22-18-30)36-27-47-42(50-36)38-15-9-25-53(38)44(55)40(49-29-60-59-2)34-11-5-3-6-12-34/h3-8,11-14,17-18,21-23,27-29,31,38-41H,9-10,15-16,19-20,24-26H2,1-2H3,(H,47,50)(H,48,51)(H,52,57)/b49-29-/t31?,38-,39-,40+,41+/m0/s1. The first-order valence-electron chi connectivity index (χ1n) is 20.6. The number of aliphatic imine (C=N–C) groups is 1. The predicted molar refractivity (Wildman–Crippen MR) is 225 cm³/mol. The van der Waals surface area contributed by atoms with Gasteiger partial charge >= 0.3 is 6.09 Å². The van der Waals surface area contributed by atoms with Gasteiger partial charge in [0.2, 0.25) is 6.40 Å². The number of carbonyl (C=O) groups excluding carboxylic acids is 3. The maximum Gasteiger partial charge on any atom is 0.407 e. The summed E-state index contributed by atoms with van der Waals surface area (Å²) < 4.78 is 4.84. The highest BCUT2D eigenvalue weighted by molar-refractivity contribution is 5.87. The van der Waals surface area contributed by atoms with Crippen molar-refractivity contribution in [2.24, 2.45) is 4.99 Å². The largest absolute Gasteiger partial charge is 0.453 e. The van der Waals surface area contributed by atoms with Crippen molar-refractivity contribution in [2.45, 2.75) is 75.0 Å². The SMILES string of the molecule is COO/C=N\[C@@H](C(=O)N1CCC[C@H]1c1ncc(-c2ccc(C3CC=C(c4cnc([C@@H]5CCCN5C(=O)[C@H](NC(=O)OC)c5ccccc5)[nH]4)CC3)cc2)[nH]1)c1ccccc1. The third kappa shape index (κ3) is 8.74. The number of carbonyl (C=O) groups is 3. The van der Waals surface area contributed by atoms with E-state index < -0.39 is 18.2 Å². The van der Waals surface area contributed by atoms with Gasteiger partial charge in [0, 0.05) is 13.1 Å². The first-order valence-corrected chi connectivity index (χ1v) is 20.6. The molecule has 2 fully saturated rings. The average molecular weight is 811 g/mol. The van der Waals surface area contributed by atoms with Crippen molar-refractivity contribution in [3.8, 4) is 11.3 Å². The van der Waals surface area contributed by atoms with Crippen LogP contribution < -0.4 is 5.32 Å². The number of benzene rings is 3. The molecule has 4 heterocycles. The third-order valence-corrected chi connectivity index (χ3v) is 11.9. The molecule has 310 valence electrons. The predicted octanol–water partition coefficient (Wildman–Crippen LogP) is 7.92. The maximum absolute atomic E-state index is 13.9. The lowest BCUT2D eigenvalue weighted by Gasteiger charge is -2.28. The smallest absolute Gasteiger partial charge is 0.407 e. The van der Waals surface area contributed by atoms with E-state index >= 15 is 0 Å². The Bertz CT molecular complexity index is 2310. The lowest BCUT2D eigenvalue weighted by molar-refractivity contribution is -0.188. The zero-order valence-electron chi connectivity index (χ0n) is 33.8. The van der Waals surface area contributed by atoms with Crippen LogP contribution in [-0.2, 0) is 24.1 Å². The Morgan fingerprint density at radius 2 is 1.40 bits per heavy atom. The molecule has 0 saturated carbocycles. The Balaban J connectivity index is 0.899. The molecule has 0 bridgehead atoms. The Kier molecular flexibility index (Phi) is 12.5. The number of rotatable bonds is 13. The van der Waals surface area contributed by atoms with Gasteiger partial charge in [-0.3, -0.25) is 9.59 Å². The Morgan fingerprint density at radius 1 is 0.783 bits per heavy atom. The average Bonchev–Trinajstić information content (AvgIpc) is 4.15. The molecule has 2 saturated heterocycles. The highest BCUT2D eigenvalue weighted by Crippen LogP contribution is 2.39. The molecule has 2 aromatic heterocycles. The number of hydrogen-bond acceptors (Lipinski definition) is 9. The number of ether oxygens (including phenoxy) is 1. The summed E-state index contributed by atoms with van der Waals surface area (Å²) in [5.74, 6) is 1.60. The topological polar surface area (TPSA) is 167 Å². The van der Waals surface area contributed by atoms with Gasteiger partial charge < -0.3 is 34.7 Å². The van der Waals surface area contributed by atoms with Crippen LogP contribution in [0.1, 0.15) is 109 Å². The monoisotopic (exact) mass is 810 g/mol. The first-order chi connectivity index (χ1) is 29.4. The normalized spacial score (nSPS) is 20.2. The highest BCUT2D eigenvalue weighted by Gasteiger charge is 2.38. The first kappa shape index (κ1) is 40.2. The molecule has 3 aromatic carbocycles. The Hall–Kier alpha value is -6.54. The number of methoxy groups -OCH3 is 1. The van der Waals surface area contributed by atoms with E-state index in [1.807, 2.05) is 82.9 Å². The number of allylic oxidation sites excluding steroid dienone is 2. The van der Waals surface area contributed by atoms with Gasteiger partial charge in [-0.15, -0.1) is 0 Å². The molecule has 0 spiro atoms. The van der Waals surface area contributed by atoms with E-state index in [2.05, 4.69) is 55.5 Å². The van der Waals surface area contributed by atoms with Gasteiger partial charge in [-0.2, -0.15) is 4.89 Å². The molecule has 14 nitrogen and oxygen atoms in total. The van der Waals surface area contributed by atoms with Gasteiger partial charge in [-0.25, -0.2) is 19.8 Å². The van der Waals surface area contributed by atoms with E-state index in [0.29, 0.717) is 24.6 Å². The van der Waals surface area contributed by atoms with Crippen LogP contribution in [0.25, 0.3) is 16.8 Å². The molecule has 14 heteroatoms. The lowest BCUT2D eigenvalue weighted by atomic mass is 9.83. The minimum absolute atomic E-state index is 0.115. The summed E-state index contributed by atoms with van der Waals surface area (Å²) in [5.41, 5.74) is 6.89. The van der Waals surface area contributed by atoms with E-state index in [-0.39, 0.29) is 23.9 Å². The molecule has 2 aliphatic heterocycles. The number of nitrogens with one attached hydrogen (secondary N) is 3. The van der Waals surface area contributed by atoms with Crippen LogP contribution in [0.3, 0.4) is 0 Å². The number of aromatic nitrogens is 4. The molecule has 5 atom stereocenters. The fourth-order valence-electron chi connectivity index (χ4n) is 8.76. The molecule has 3 aliphatic rings. The minimum Gasteiger partial charge on any atom is -0.453 e. The number of H-pyrrole nitrogens is 2. The van der Waals surface area contributed by atoms with E-state index in [0.717, 1.165) is 79.1 Å². The summed E-state index contributed by atoms with van der Waals surface area (Å²) in [6.07, 6.45) is 12.6. The molecule has 0 radical (unpaired) electrons. The molecule has 8 rings (SSSR count). The van der Waals surface area contributed by atoms with Crippen molar-refractivity contribution < 1.29 is 28.9 Å². The summed E-state index contributed by atoms with van der Waals surface area (Å²) in [5, 5.41) is 2.73. The van der Waals surface area contributed by atoms with Crippen molar-refractivity contribution in [1.29, 1.82) is 0 Å². The van der Waals surface area contributed by atoms with Crippen molar-refractivity contribution in [3.63, 3.8) is 0 Å². The van der Waals surface area contributed by atoms with E-state index in [9.17, 15) is 14.4 Å². The van der Waals surface area contributed by atoms with Crippen LogP contribution >= 0.6 is 0 Å². The zero-order valence-corrected chi connectivity index (χ0v) is 33.8. The zero-order chi connectivity index (χ0) is 41.4. The number of hydrogen-bond donors (Lipinski definition) is 3. The minimum atomic E-state index is -0.861. The van der Waals surface area contributed by atoms with E-state index in [1.54, 1.807) is 0 Å². The highest BCUT2D eigenvalue weighted by atomic mass is 17.2. The second-order valence-electron chi connectivity index (χ2n) is 15.4. The fourth-order valence-corrected chi connectivity index (χ4v) is 8.76. The van der Waals surface area contributed by atoms with Crippen LogP contribution in [0.15, 0.2) is 108 Å². The van der Waals surface area contributed by atoms with Gasteiger partial charge in [0.1, 0.15) is 17.7 Å². The Labute approximate surface area is 349 Å². The summed E-state index contributed by atoms with van der Waals surface area (Å²) in [4.78, 5) is 74.2. The summed E-state index contributed by atoms with van der Waals surface area (Å²) in [7, 11) is 2.68. The Morgan fingerprint density at radius 3 is 2.02 bits per heavy atom. The van der Waals surface area contributed by atoms with Crippen LogP contribution in [0.2, 0.25) is 0 Å². The van der Waals surface area contributed by atoms with Gasteiger partial charge in [0.25, 0.3) is 11.8 Å². The van der Waals surface area contributed by atoms with E-state index in [4.69, 9.17) is 19.6 Å². The molecule has 3 N–H and O–H groups in total.